The Morgan fingerprint density at radius 2 is 2.14 bits per heavy atom. The minimum absolute atomic E-state index is 0.117. The third kappa shape index (κ3) is 4.37. The third-order valence-electron chi connectivity index (χ3n) is 4.63. The zero-order valence-electron chi connectivity index (χ0n) is 15.4. The normalized spacial score (nSPS) is 15.5. The van der Waals surface area contributed by atoms with Gasteiger partial charge in [0.2, 0.25) is 0 Å². The van der Waals surface area contributed by atoms with Gasteiger partial charge >= 0.3 is 0 Å². The van der Waals surface area contributed by atoms with Gasteiger partial charge in [-0.25, -0.2) is 0 Å². The lowest BCUT2D eigenvalue weighted by atomic mass is 9.88. The number of thiocarbonyl (C=S) groups is 1. The van der Waals surface area contributed by atoms with E-state index in [0.29, 0.717) is 32.3 Å². The molecule has 0 bridgehead atoms. The first kappa shape index (κ1) is 20.8. The van der Waals surface area contributed by atoms with Crippen LogP contribution >= 0.6 is 39.5 Å². The van der Waals surface area contributed by atoms with E-state index >= 15 is 0 Å². The van der Waals surface area contributed by atoms with Gasteiger partial charge in [0.1, 0.15) is 10.8 Å². The molecule has 9 heteroatoms. The van der Waals surface area contributed by atoms with E-state index in [9.17, 15) is 9.59 Å². The van der Waals surface area contributed by atoms with Gasteiger partial charge in [-0.05, 0) is 77.1 Å². The van der Waals surface area contributed by atoms with Crippen LogP contribution in [0.25, 0.3) is 0 Å². The molecule has 1 atom stereocenters. The largest absolute Gasteiger partial charge is 0.496 e. The number of rotatable bonds is 4. The van der Waals surface area contributed by atoms with E-state index in [1.165, 1.54) is 11.3 Å². The summed E-state index contributed by atoms with van der Waals surface area (Å²) in [7, 11) is 1.55. The number of carbonyl (C=O) groups excluding carboxylic acids is 2. The molecular formula is C19H20BrN3O3S2. The molecular weight excluding hydrogens is 462 g/mol. The number of nitrogens with two attached hydrogens (primary N) is 1. The van der Waals surface area contributed by atoms with Crippen molar-refractivity contribution < 1.29 is 14.3 Å². The number of hydrogen-bond donors (Lipinski definition) is 3. The van der Waals surface area contributed by atoms with E-state index < -0.39 is 5.91 Å². The van der Waals surface area contributed by atoms with Crippen LogP contribution in [-0.4, -0.2) is 24.0 Å². The summed E-state index contributed by atoms with van der Waals surface area (Å²) in [6.07, 6.45) is 2.77. The number of thiophene rings is 1. The summed E-state index contributed by atoms with van der Waals surface area (Å²) in [6, 6.07) is 4.98. The molecule has 0 unspecified atom stereocenters. The van der Waals surface area contributed by atoms with Crippen molar-refractivity contribution in [3.8, 4) is 5.75 Å². The lowest BCUT2D eigenvalue weighted by Gasteiger charge is -2.18. The van der Waals surface area contributed by atoms with Crippen molar-refractivity contribution in [1.82, 2.24) is 5.32 Å². The monoisotopic (exact) mass is 481 g/mol. The minimum atomic E-state index is -0.484. The van der Waals surface area contributed by atoms with Gasteiger partial charge in [0.15, 0.2) is 5.11 Å². The van der Waals surface area contributed by atoms with Crippen LogP contribution in [-0.2, 0) is 12.8 Å². The maximum Gasteiger partial charge on any atom is 0.257 e. The summed E-state index contributed by atoms with van der Waals surface area (Å²) in [5.74, 6) is 0.348. The van der Waals surface area contributed by atoms with Crippen LogP contribution < -0.4 is 21.1 Å². The van der Waals surface area contributed by atoms with Gasteiger partial charge in [0, 0.05) is 10.4 Å². The minimum Gasteiger partial charge on any atom is -0.496 e. The topological polar surface area (TPSA) is 93.4 Å². The van der Waals surface area contributed by atoms with Crippen molar-refractivity contribution in [1.29, 1.82) is 0 Å². The van der Waals surface area contributed by atoms with Crippen molar-refractivity contribution in [3.05, 3.63) is 44.2 Å². The zero-order chi connectivity index (χ0) is 20.4. The second-order valence-corrected chi connectivity index (χ2v) is 9.05. The summed E-state index contributed by atoms with van der Waals surface area (Å²) in [4.78, 5) is 25.6. The average Bonchev–Trinajstić information content (AvgIpc) is 2.98. The highest BCUT2D eigenvalue weighted by Crippen LogP contribution is 2.39. The number of nitrogens with one attached hydrogen (secondary N) is 2. The van der Waals surface area contributed by atoms with Crippen molar-refractivity contribution in [2.45, 2.75) is 26.2 Å². The maximum absolute atomic E-state index is 12.5. The number of hydrogen-bond acceptors (Lipinski definition) is 5. The molecule has 1 aromatic heterocycles. The average molecular weight is 482 g/mol. The molecule has 3 rings (SSSR count). The second-order valence-electron chi connectivity index (χ2n) is 6.68. The summed E-state index contributed by atoms with van der Waals surface area (Å²) >= 11 is 10.1. The van der Waals surface area contributed by atoms with Gasteiger partial charge in [0.05, 0.1) is 17.1 Å². The van der Waals surface area contributed by atoms with Gasteiger partial charge in [-0.2, -0.15) is 0 Å². The lowest BCUT2D eigenvalue weighted by Crippen LogP contribution is -2.34. The maximum atomic E-state index is 12.5. The van der Waals surface area contributed by atoms with Crippen molar-refractivity contribution in [2.75, 3.05) is 12.4 Å². The number of ether oxygens (including phenoxy) is 1. The molecule has 1 heterocycles. The molecule has 1 aliphatic carbocycles. The van der Waals surface area contributed by atoms with Crippen molar-refractivity contribution >= 4 is 61.4 Å². The molecule has 148 valence electrons. The number of benzene rings is 1. The van der Waals surface area contributed by atoms with E-state index in [1.54, 1.807) is 25.3 Å². The molecule has 0 saturated carbocycles. The molecule has 1 aromatic carbocycles. The van der Waals surface area contributed by atoms with Crippen LogP contribution in [0, 0.1) is 5.92 Å². The lowest BCUT2D eigenvalue weighted by molar-refractivity contribution is 0.0975. The van der Waals surface area contributed by atoms with E-state index in [1.807, 2.05) is 0 Å². The van der Waals surface area contributed by atoms with Crippen LogP contribution in [0.15, 0.2) is 22.7 Å². The van der Waals surface area contributed by atoms with Crippen LogP contribution in [0.1, 0.15) is 44.5 Å². The summed E-state index contributed by atoms with van der Waals surface area (Å²) in [6.45, 7) is 2.19. The van der Waals surface area contributed by atoms with Crippen LogP contribution in [0.2, 0.25) is 0 Å². The van der Waals surface area contributed by atoms with E-state index in [0.717, 1.165) is 29.7 Å². The predicted molar refractivity (Wildman–Crippen MR) is 118 cm³/mol. The molecule has 6 nitrogen and oxygen atoms in total. The van der Waals surface area contributed by atoms with E-state index in [2.05, 4.69) is 33.5 Å². The van der Waals surface area contributed by atoms with Crippen molar-refractivity contribution in [2.24, 2.45) is 11.7 Å². The number of methoxy groups -OCH3 is 1. The fourth-order valence-corrected chi connectivity index (χ4v) is 5.44. The summed E-state index contributed by atoms with van der Waals surface area (Å²) in [5, 5.41) is 6.33. The Morgan fingerprint density at radius 1 is 1.39 bits per heavy atom. The Kier molecular flexibility index (Phi) is 6.36. The molecule has 2 amide bonds. The van der Waals surface area contributed by atoms with Gasteiger partial charge < -0.3 is 15.8 Å². The van der Waals surface area contributed by atoms with E-state index in [4.69, 9.17) is 22.7 Å². The fraction of sp³-hybridized carbons (Fsp3) is 0.316. The fourth-order valence-electron chi connectivity index (χ4n) is 3.22. The first-order valence-corrected chi connectivity index (χ1v) is 10.7. The number of primary amides is 1. The molecule has 0 radical (unpaired) electrons. The quantitative estimate of drug-likeness (QED) is 0.576. The highest BCUT2D eigenvalue weighted by Gasteiger charge is 2.27. The smallest absolute Gasteiger partial charge is 0.257 e. The van der Waals surface area contributed by atoms with Crippen LogP contribution in [0.4, 0.5) is 5.00 Å². The van der Waals surface area contributed by atoms with Crippen LogP contribution in [0.5, 0.6) is 5.75 Å². The molecule has 0 saturated heterocycles. The summed E-state index contributed by atoms with van der Waals surface area (Å²) < 4.78 is 5.83. The highest BCUT2D eigenvalue weighted by molar-refractivity contribution is 9.10. The molecule has 4 N–H and O–H groups in total. The molecule has 28 heavy (non-hydrogen) atoms. The Balaban J connectivity index is 1.75. The molecule has 2 aromatic rings. The number of anilines is 1. The first-order chi connectivity index (χ1) is 13.3. The third-order valence-corrected chi connectivity index (χ3v) is 6.62. The molecule has 0 fully saturated rings. The standard InChI is InChI=1S/C19H20BrN3O3S2/c1-9-3-5-11-14(7-9)28-18(15(11)16(21)24)23-19(27)22-17(25)10-4-6-13(26-2)12(20)8-10/h4,6,8-9H,3,5,7H2,1-2H3,(H2,21,24)(H2,22,23,25,27)/t9-/m0/s1. The summed E-state index contributed by atoms with van der Waals surface area (Å²) in [5.41, 5.74) is 7.52. The molecule has 0 aliphatic heterocycles. The van der Waals surface area contributed by atoms with Gasteiger partial charge in [-0.1, -0.05) is 6.92 Å². The van der Waals surface area contributed by atoms with Gasteiger partial charge in [-0.15, -0.1) is 11.3 Å². The number of amides is 2. The number of fused-ring (bicyclic) bond motifs is 1. The first-order valence-electron chi connectivity index (χ1n) is 8.70. The SMILES string of the molecule is COc1ccc(C(=O)NC(=S)Nc2sc3c(c2C(N)=O)CC[C@H](C)C3)cc1Br. The Morgan fingerprint density at radius 3 is 2.79 bits per heavy atom. The van der Waals surface area contributed by atoms with Gasteiger partial charge in [0.25, 0.3) is 11.8 Å². The highest BCUT2D eigenvalue weighted by atomic mass is 79.9. The Bertz CT molecular complexity index is 958. The molecule has 1 aliphatic rings. The van der Waals surface area contributed by atoms with Gasteiger partial charge in [-0.3, -0.25) is 14.9 Å². The second kappa shape index (κ2) is 8.59. The van der Waals surface area contributed by atoms with E-state index in [-0.39, 0.29) is 11.0 Å². The Hall–Kier alpha value is -1.97. The number of halogens is 1. The molecule has 0 spiro atoms. The zero-order valence-corrected chi connectivity index (χ0v) is 18.6. The number of carbonyl (C=O) groups is 2. The van der Waals surface area contributed by atoms with Crippen molar-refractivity contribution in [3.63, 3.8) is 0 Å². The predicted octanol–water partition coefficient (Wildman–Crippen LogP) is 3.87. The Labute approximate surface area is 181 Å². The van der Waals surface area contributed by atoms with Crippen LogP contribution in [0.3, 0.4) is 0 Å².